The molecule has 0 radical (unpaired) electrons. The number of hydrogen-bond donors (Lipinski definition) is 1. The maximum Gasteiger partial charge on any atom is 0.568 e. The van der Waals surface area contributed by atoms with Crippen LogP contribution in [0.2, 0.25) is 6.04 Å². The zero-order valence-electron chi connectivity index (χ0n) is 17.5. The molecule has 6 nitrogen and oxygen atoms in total. The van der Waals surface area contributed by atoms with Crippen LogP contribution < -0.4 is 0 Å². The highest BCUT2D eigenvalue weighted by atomic mass is 32.7. The van der Waals surface area contributed by atoms with Gasteiger partial charge in [-0.2, -0.15) is 12.1 Å². The van der Waals surface area contributed by atoms with Gasteiger partial charge in [-0.15, -0.1) is 10.7 Å². The van der Waals surface area contributed by atoms with E-state index in [9.17, 15) is 0 Å². The van der Waals surface area contributed by atoms with Gasteiger partial charge >= 0.3 is 16.3 Å². The predicted octanol–water partition coefficient (Wildman–Crippen LogP) is 4.17. The zero-order valence-corrected chi connectivity index (χ0v) is 22.2. The highest BCUT2D eigenvalue weighted by Crippen LogP contribution is 2.45. The van der Waals surface area contributed by atoms with Crippen LogP contribution in [0.15, 0.2) is 0 Å². The van der Waals surface area contributed by atoms with Gasteiger partial charge in [0.05, 0.1) is 0 Å². The highest BCUT2D eigenvalue weighted by molar-refractivity contribution is 8.68. The summed E-state index contributed by atoms with van der Waals surface area (Å²) >= 11 is 5.24. The van der Waals surface area contributed by atoms with Gasteiger partial charge in [-0.25, -0.2) is 0 Å². The van der Waals surface area contributed by atoms with E-state index in [0.29, 0.717) is 39.6 Å². The summed E-state index contributed by atoms with van der Waals surface area (Å²) in [7, 11) is -4.35. The maximum absolute atomic E-state index is 6.22. The van der Waals surface area contributed by atoms with E-state index in [-0.39, 0.29) is 0 Å². The third kappa shape index (κ3) is 7.50. The van der Waals surface area contributed by atoms with Crippen LogP contribution in [-0.2, 0) is 26.6 Å². The Morgan fingerprint density at radius 1 is 0.615 bits per heavy atom. The van der Waals surface area contributed by atoms with Crippen LogP contribution in [0.5, 0.6) is 0 Å². The van der Waals surface area contributed by atoms with E-state index < -0.39 is 22.2 Å². The fraction of sp³-hybridized carbons (Fsp3) is 1.00. The van der Waals surface area contributed by atoms with Crippen molar-refractivity contribution in [2.45, 2.75) is 60.9 Å². The van der Waals surface area contributed by atoms with Crippen molar-refractivity contribution in [3.8, 4) is 0 Å². The molecule has 0 aromatic carbocycles. The van der Waals surface area contributed by atoms with E-state index >= 15 is 0 Å². The van der Waals surface area contributed by atoms with Gasteiger partial charge in [-0.3, -0.25) is 0 Å². The minimum absolute atomic E-state index is 0.524. The van der Waals surface area contributed by atoms with E-state index in [1.54, 1.807) is 10.7 Å². The van der Waals surface area contributed by atoms with E-state index in [0.717, 1.165) is 12.5 Å². The van der Waals surface area contributed by atoms with Crippen molar-refractivity contribution >= 4 is 44.9 Å². The third-order valence-electron chi connectivity index (χ3n) is 3.33. The molecule has 0 aromatic rings. The van der Waals surface area contributed by atoms with Gasteiger partial charge in [0.25, 0.3) is 5.89 Å². The van der Waals surface area contributed by atoms with Crippen molar-refractivity contribution in [2.24, 2.45) is 0 Å². The SMILES string of the molecule is CCC[Si](S)(S[Si](OCC)(OCC)OCC)[Si](OCC)(OCC)OCC. The van der Waals surface area contributed by atoms with Crippen molar-refractivity contribution in [1.82, 2.24) is 0 Å². The Balaban J connectivity index is 6.07. The topological polar surface area (TPSA) is 55.4 Å². The maximum atomic E-state index is 6.22. The molecule has 0 saturated carbocycles. The minimum atomic E-state index is -3.01. The average Bonchev–Trinajstić information content (AvgIpc) is 2.56. The molecule has 0 rings (SSSR count). The van der Waals surface area contributed by atoms with Crippen LogP contribution in [0.4, 0.5) is 0 Å². The van der Waals surface area contributed by atoms with Gasteiger partial charge in [-0.1, -0.05) is 13.3 Å². The fourth-order valence-corrected chi connectivity index (χ4v) is 38.0. The molecule has 0 aliphatic carbocycles. The summed E-state index contributed by atoms with van der Waals surface area (Å²) in [6.07, 6.45) is 0.958. The molecule has 0 spiro atoms. The van der Waals surface area contributed by atoms with E-state index in [2.05, 4.69) is 6.92 Å². The molecule has 0 aliphatic heterocycles. The second-order valence-electron chi connectivity index (χ2n) is 5.29. The highest BCUT2D eigenvalue weighted by Gasteiger charge is 2.67. The van der Waals surface area contributed by atoms with Crippen molar-refractivity contribution in [2.75, 3.05) is 39.6 Å². The molecule has 11 heteroatoms. The summed E-state index contributed by atoms with van der Waals surface area (Å²) in [5.74, 6) is -2.57. The summed E-state index contributed by atoms with van der Waals surface area (Å²) < 4.78 is 36.9. The Morgan fingerprint density at radius 3 is 1.23 bits per heavy atom. The fourth-order valence-electron chi connectivity index (χ4n) is 2.59. The molecule has 0 aliphatic rings. The molecule has 1 atom stereocenters. The summed E-state index contributed by atoms with van der Waals surface area (Å²) in [5, 5.41) is 0. The first kappa shape index (κ1) is 27.1. The van der Waals surface area contributed by atoms with Crippen LogP contribution in [0.25, 0.3) is 0 Å². The molecular formula is C15H38O6S2Si3. The summed E-state index contributed by atoms with van der Waals surface area (Å²) in [6, 6.07) is 0.870. The van der Waals surface area contributed by atoms with Gasteiger partial charge < -0.3 is 26.6 Å². The van der Waals surface area contributed by atoms with E-state index in [1.165, 1.54) is 0 Å². The summed E-state index contributed by atoms with van der Waals surface area (Å²) in [6.45, 7) is 17.1. The Morgan fingerprint density at radius 2 is 0.962 bits per heavy atom. The molecule has 0 amide bonds. The lowest BCUT2D eigenvalue weighted by molar-refractivity contribution is 0.0908. The van der Waals surface area contributed by atoms with Crippen LogP contribution >= 0.6 is 22.7 Å². The van der Waals surface area contributed by atoms with Gasteiger partial charge in [0.2, 0.25) is 0 Å². The van der Waals surface area contributed by atoms with Gasteiger partial charge in [0.1, 0.15) is 0 Å². The molecule has 158 valence electrons. The molecule has 1 unspecified atom stereocenters. The minimum Gasteiger partial charge on any atom is -0.376 e. The zero-order chi connectivity index (χ0) is 20.1. The van der Waals surface area contributed by atoms with E-state index in [1.807, 2.05) is 41.5 Å². The van der Waals surface area contributed by atoms with Crippen LogP contribution in [0.1, 0.15) is 54.9 Å². The summed E-state index contributed by atoms with van der Waals surface area (Å²) in [4.78, 5) is 0. The van der Waals surface area contributed by atoms with Crippen LogP contribution in [0, 0.1) is 0 Å². The van der Waals surface area contributed by atoms with E-state index in [4.69, 9.17) is 38.6 Å². The first-order valence-corrected chi connectivity index (χ1v) is 19.9. The molecular weight excluding hydrogens is 425 g/mol. The standard InChI is InChI=1S/C15H38O6S2Si3/c1-8-15-24(22,26(19-12-5,20-13-6)21-14-7)23-25(16-9-2,17-10-3)18-11-4/h22H,8-15H2,1-7H3. The lowest BCUT2D eigenvalue weighted by Crippen LogP contribution is -2.67. The Kier molecular flexibility index (Phi) is 14.8. The molecule has 0 aromatic heterocycles. The first-order chi connectivity index (χ1) is 12.4. The second-order valence-corrected chi connectivity index (χ2v) is 27.4. The number of hydrogen-bond acceptors (Lipinski definition) is 8. The first-order valence-electron chi connectivity index (χ1n) is 9.64. The van der Waals surface area contributed by atoms with Crippen LogP contribution in [0.3, 0.4) is 0 Å². The third-order valence-corrected chi connectivity index (χ3v) is 34.2. The van der Waals surface area contributed by atoms with Crippen molar-refractivity contribution in [3.63, 3.8) is 0 Å². The lowest BCUT2D eigenvalue weighted by Gasteiger charge is -2.43. The van der Waals surface area contributed by atoms with Crippen LogP contribution in [-0.4, -0.2) is 61.8 Å². The average molecular weight is 463 g/mol. The Hall–Kier alpha value is 1.11. The van der Waals surface area contributed by atoms with Gasteiger partial charge in [0, 0.05) is 39.6 Å². The Bertz CT molecular complexity index is 336. The van der Waals surface area contributed by atoms with Crippen molar-refractivity contribution in [1.29, 1.82) is 0 Å². The Labute approximate surface area is 171 Å². The second kappa shape index (κ2) is 14.1. The summed E-state index contributed by atoms with van der Waals surface area (Å²) in [5.41, 5.74) is 0. The number of thiol groups is 1. The lowest BCUT2D eigenvalue weighted by atomic mass is 10.6. The quantitative estimate of drug-likeness (QED) is 0.257. The largest absolute Gasteiger partial charge is 0.568 e. The number of rotatable bonds is 17. The molecule has 0 N–H and O–H groups in total. The normalized spacial score (nSPS) is 15.2. The monoisotopic (exact) mass is 462 g/mol. The molecule has 0 fully saturated rings. The van der Waals surface area contributed by atoms with Gasteiger partial charge in [-0.05, 0) is 47.6 Å². The van der Waals surface area contributed by atoms with Crippen molar-refractivity contribution in [3.05, 3.63) is 0 Å². The predicted molar refractivity (Wildman–Crippen MR) is 119 cm³/mol. The molecule has 0 bridgehead atoms. The van der Waals surface area contributed by atoms with Crippen molar-refractivity contribution < 1.29 is 26.6 Å². The smallest absolute Gasteiger partial charge is 0.376 e. The molecule has 0 heterocycles. The molecule has 26 heavy (non-hydrogen) atoms. The van der Waals surface area contributed by atoms with Gasteiger partial charge in [0.15, 0.2) is 0 Å². The molecule has 0 saturated heterocycles.